The maximum absolute atomic E-state index is 14.1. The molecule has 0 aromatic heterocycles. The number of esters is 4. The predicted octanol–water partition coefficient (Wildman–Crippen LogP) is 25.9. The Labute approximate surface area is 794 Å². The fourth-order valence-electron chi connectivity index (χ4n) is 16.4. The van der Waals surface area contributed by atoms with Gasteiger partial charge in [0.1, 0.15) is 43.8 Å². The smallest absolute Gasteiger partial charge is 0.305 e. The van der Waals surface area contributed by atoms with Crippen LogP contribution in [0.15, 0.2) is 0 Å². The van der Waals surface area contributed by atoms with Gasteiger partial charge in [0.2, 0.25) is 17.7 Å². The molecule has 0 fully saturated rings. The van der Waals surface area contributed by atoms with Crippen molar-refractivity contribution in [3.8, 4) is 0 Å². The van der Waals surface area contributed by atoms with Gasteiger partial charge in [-0.05, 0) is 83.5 Å². The lowest BCUT2D eigenvalue weighted by Crippen LogP contribution is -2.37. The van der Waals surface area contributed by atoms with Crippen LogP contribution in [0.3, 0.4) is 0 Å². The highest BCUT2D eigenvalue weighted by Crippen LogP contribution is 2.23. The summed E-state index contributed by atoms with van der Waals surface area (Å²) in [6.45, 7) is 16.8. The first-order valence-corrected chi connectivity index (χ1v) is 54.6. The van der Waals surface area contributed by atoms with E-state index in [2.05, 4.69) is 39.9 Å². The van der Waals surface area contributed by atoms with Crippen molar-refractivity contribution in [2.45, 2.75) is 503 Å². The summed E-state index contributed by atoms with van der Waals surface area (Å²) < 4.78 is 50.7. The minimum atomic E-state index is -0.562. The van der Waals surface area contributed by atoms with Gasteiger partial charge in [-0.3, -0.25) is 47.9 Å². The van der Waals surface area contributed by atoms with Crippen LogP contribution in [-0.2, 0) is 90.6 Å². The third kappa shape index (κ3) is 92.2. The van der Waals surface area contributed by atoms with Gasteiger partial charge in [-0.25, -0.2) is 0 Å². The van der Waals surface area contributed by atoms with Gasteiger partial charge in [0.05, 0.1) is 72.4 Å². The molecule has 0 rings (SSSR count). The quantitative estimate of drug-likeness (QED) is 0.0337. The summed E-state index contributed by atoms with van der Waals surface area (Å²) in [5.41, 5.74) is 0. The minimum Gasteiger partial charge on any atom is -0.464 e. The van der Waals surface area contributed by atoms with Gasteiger partial charge in [0.15, 0.2) is 0 Å². The van der Waals surface area contributed by atoms with Crippen LogP contribution in [0.25, 0.3) is 0 Å². The van der Waals surface area contributed by atoms with Crippen molar-refractivity contribution in [2.75, 3.05) is 125 Å². The van der Waals surface area contributed by atoms with Gasteiger partial charge in [-0.2, -0.15) is 0 Å². The van der Waals surface area contributed by atoms with E-state index < -0.39 is 5.92 Å². The molecule has 22 heteroatoms. The first-order chi connectivity index (χ1) is 63.7. The number of rotatable bonds is 107. The maximum Gasteiger partial charge on any atom is 0.305 e. The SMILES string of the molecule is CCCCCCCCCCCCCCCC(=O)OCCN(CCOC(=O)CCCCCCCCCCCCCCC)C(=O)CCCC(=O)C[C@H](CCCCNC(=O)CCCC(=O)N(CCOC(=O)CCCCCCCCCCCCCC)CCOC(=O)CCCCCCCCCCCCCCC)C(=O)CCCCOCCOCCOCCCCC(=O)CCOCCOCCC. The lowest BCUT2D eigenvalue weighted by Gasteiger charge is -2.23. The Bertz CT molecular complexity index is 2550. The molecule has 0 spiro atoms. The molecule has 0 bridgehead atoms. The summed E-state index contributed by atoms with van der Waals surface area (Å²) in [7, 11) is 0. The van der Waals surface area contributed by atoms with Crippen LogP contribution in [0.5, 0.6) is 0 Å². The first kappa shape index (κ1) is 125. The zero-order valence-corrected chi connectivity index (χ0v) is 84.8. The van der Waals surface area contributed by atoms with Crippen molar-refractivity contribution in [3.63, 3.8) is 0 Å². The number of carbonyl (C=O) groups is 10. The molecule has 22 nitrogen and oxygen atoms in total. The summed E-state index contributed by atoms with van der Waals surface area (Å²) >= 11 is 0. The number of ether oxygens (including phenoxy) is 9. The Morgan fingerprint density at radius 1 is 0.215 bits per heavy atom. The van der Waals surface area contributed by atoms with Gasteiger partial charge in [-0.1, -0.05) is 343 Å². The average molecular weight is 1850 g/mol. The van der Waals surface area contributed by atoms with Crippen LogP contribution in [0, 0.1) is 5.92 Å². The van der Waals surface area contributed by atoms with E-state index in [-0.39, 0.29) is 163 Å². The van der Waals surface area contributed by atoms with Crippen LogP contribution in [0.4, 0.5) is 0 Å². The molecule has 1 N–H and O–H groups in total. The van der Waals surface area contributed by atoms with E-state index in [0.29, 0.717) is 143 Å². The number of hydrogen-bond donors (Lipinski definition) is 1. The third-order valence-corrected chi connectivity index (χ3v) is 24.7. The molecular weight excluding hydrogens is 1640 g/mol. The Kier molecular flexibility index (Phi) is 97.7. The molecule has 0 aromatic carbocycles. The van der Waals surface area contributed by atoms with Gasteiger partial charge in [0, 0.05) is 109 Å². The van der Waals surface area contributed by atoms with E-state index in [1.54, 1.807) is 9.80 Å². The zero-order chi connectivity index (χ0) is 94.6. The summed E-state index contributed by atoms with van der Waals surface area (Å²) in [5.74, 6) is -2.39. The van der Waals surface area contributed by atoms with Gasteiger partial charge >= 0.3 is 23.9 Å². The molecule has 0 aliphatic rings. The molecule has 0 unspecified atom stereocenters. The molecule has 1 atom stereocenters. The van der Waals surface area contributed by atoms with Crippen molar-refractivity contribution < 1.29 is 90.6 Å². The predicted molar refractivity (Wildman–Crippen MR) is 528 cm³/mol. The molecule has 762 valence electrons. The number of Topliss-reactive ketones (excluding diaryl/α,β-unsaturated/α-hetero) is 3. The van der Waals surface area contributed by atoms with Crippen LogP contribution in [0.1, 0.15) is 503 Å². The Morgan fingerprint density at radius 2 is 0.485 bits per heavy atom. The van der Waals surface area contributed by atoms with Gasteiger partial charge in [-0.15, -0.1) is 0 Å². The van der Waals surface area contributed by atoms with Crippen molar-refractivity contribution in [1.82, 2.24) is 15.1 Å². The standard InChI is InChI=1S/C108H201N3O19/c1-6-11-15-19-23-27-31-35-39-43-47-51-55-73-105(118)127-87-79-110(80-88-128-106(119)74-56-52-48-44-40-36-32-28-24-20-16-12-7-2)103(116)71-64-68-100(113)97-98(101(114)69-60-63-85-124-93-96-126-95-92-123-84-62-59-67-99(112)77-86-125-94-91-122-83-10-5)66-58-61-78-109-102(115)70-65-72-104(117)111(81-89-129-107(120)75-54-50-46-42-38-34-30-26-22-18-14-9-4)82-90-130-108(121)76-57-53-49-45-41-37-33-29-25-21-17-13-8-3/h98H,6-97H2,1-5H3,(H,109,115)/t98-/m0/s1. The lowest BCUT2D eigenvalue weighted by molar-refractivity contribution is -0.148. The highest BCUT2D eigenvalue weighted by molar-refractivity contribution is 5.88. The summed E-state index contributed by atoms with van der Waals surface area (Å²) in [6, 6.07) is 0. The zero-order valence-electron chi connectivity index (χ0n) is 84.8. The second-order valence-electron chi connectivity index (χ2n) is 37.0. The van der Waals surface area contributed by atoms with E-state index in [1.165, 1.54) is 250 Å². The topological polar surface area (TPSA) is 272 Å². The largest absolute Gasteiger partial charge is 0.464 e. The molecule has 0 saturated carbocycles. The summed E-state index contributed by atoms with van der Waals surface area (Å²) in [6.07, 6.45) is 70.0. The van der Waals surface area contributed by atoms with Gasteiger partial charge < -0.3 is 57.7 Å². The van der Waals surface area contributed by atoms with Crippen molar-refractivity contribution in [2.24, 2.45) is 5.92 Å². The van der Waals surface area contributed by atoms with Crippen molar-refractivity contribution in [3.05, 3.63) is 0 Å². The second kappa shape index (κ2) is 102. The summed E-state index contributed by atoms with van der Waals surface area (Å²) in [4.78, 5) is 136. The highest BCUT2D eigenvalue weighted by atomic mass is 16.6. The van der Waals surface area contributed by atoms with Crippen molar-refractivity contribution in [1.29, 1.82) is 0 Å². The van der Waals surface area contributed by atoms with Crippen LogP contribution in [0.2, 0.25) is 0 Å². The minimum absolute atomic E-state index is 0.00416. The average Bonchev–Trinajstić information content (AvgIpc) is 0.890. The second-order valence-corrected chi connectivity index (χ2v) is 37.0. The number of nitrogens with zero attached hydrogens (tertiary/aromatic N) is 2. The number of ketones is 3. The van der Waals surface area contributed by atoms with Gasteiger partial charge in [0.25, 0.3) is 0 Å². The molecule has 0 radical (unpaired) electrons. The molecule has 0 heterocycles. The molecule has 0 saturated heterocycles. The lowest BCUT2D eigenvalue weighted by atomic mass is 9.88. The maximum atomic E-state index is 14.1. The normalized spacial score (nSPS) is 11.6. The third-order valence-electron chi connectivity index (χ3n) is 24.7. The highest BCUT2D eigenvalue weighted by Gasteiger charge is 2.24. The number of amides is 3. The Hall–Kier alpha value is -4.90. The van der Waals surface area contributed by atoms with Crippen LogP contribution >= 0.6 is 0 Å². The van der Waals surface area contributed by atoms with E-state index in [9.17, 15) is 47.9 Å². The molecule has 0 aliphatic heterocycles. The van der Waals surface area contributed by atoms with Crippen LogP contribution < -0.4 is 5.32 Å². The molecule has 130 heavy (non-hydrogen) atoms. The molecule has 0 aliphatic carbocycles. The fourth-order valence-corrected chi connectivity index (χ4v) is 16.4. The fraction of sp³-hybridized carbons (Fsp3) is 0.907. The van der Waals surface area contributed by atoms with Crippen LogP contribution in [-0.4, -0.2) is 194 Å². The first-order valence-electron chi connectivity index (χ1n) is 54.6. The monoisotopic (exact) mass is 1840 g/mol. The number of carbonyl (C=O) groups excluding carboxylic acids is 10. The number of hydrogen-bond acceptors (Lipinski definition) is 19. The molecule has 0 aromatic rings. The Balaban J connectivity index is 5.82. The molecule has 3 amide bonds. The van der Waals surface area contributed by atoms with Crippen molar-refractivity contribution >= 4 is 58.9 Å². The number of unbranched alkanes of at least 4 members (excludes halogenated alkanes) is 50. The summed E-state index contributed by atoms with van der Waals surface area (Å²) in [5, 5.41) is 2.98. The molecular formula is C108H201N3O19. The Morgan fingerprint density at radius 3 is 0.808 bits per heavy atom. The van der Waals surface area contributed by atoms with E-state index in [4.69, 9.17) is 42.6 Å². The number of nitrogens with one attached hydrogen (secondary N) is 1. The van der Waals surface area contributed by atoms with E-state index >= 15 is 0 Å². The van der Waals surface area contributed by atoms with E-state index in [0.717, 1.165) is 96.3 Å². The van der Waals surface area contributed by atoms with E-state index in [1.807, 2.05) is 0 Å².